The van der Waals surface area contributed by atoms with Crippen molar-refractivity contribution in [2.75, 3.05) is 6.79 Å². The topological polar surface area (TPSA) is 86.8 Å². The quantitative estimate of drug-likeness (QED) is 0.725. The fourth-order valence-corrected chi connectivity index (χ4v) is 3.23. The van der Waals surface area contributed by atoms with Gasteiger partial charge in [-0.25, -0.2) is 4.79 Å². The molecule has 1 N–H and O–H groups in total. The molecule has 0 aliphatic carbocycles. The molecule has 0 radical (unpaired) electrons. The van der Waals surface area contributed by atoms with E-state index in [1.165, 1.54) is 0 Å². The summed E-state index contributed by atoms with van der Waals surface area (Å²) in [5, 5.41) is 2.75. The minimum atomic E-state index is -0.965. The van der Waals surface area contributed by atoms with Crippen LogP contribution in [0.4, 0.5) is 0 Å². The SMILES string of the molecule is CCC(OC(=O)c1nsc(Cl)c1Cl)C(=O)NCc1ccc2c(c1)OCO2. The number of aromatic nitrogens is 1. The third-order valence-electron chi connectivity index (χ3n) is 3.61. The van der Waals surface area contributed by atoms with Gasteiger partial charge in [0, 0.05) is 6.54 Å². The summed E-state index contributed by atoms with van der Waals surface area (Å²) in [6.07, 6.45) is -0.665. The second-order valence-corrected chi connectivity index (χ2v) is 7.08. The van der Waals surface area contributed by atoms with Crippen molar-refractivity contribution in [3.8, 4) is 11.5 Å². The van der Waals surface area contributed by atoms with Crippen LogP contribution in [0.25, 0.3) is 0 Å². The molecule has 7 nitrogen and oxygen atoms in total. The van der Waals surface area contributed by atoms with Crippen LogP contribution in [-0.4, -0.2) is 29.1 Å². The van der Waals surface area contributed by atoms with E-state index in [9.17, 15) is 9.59 Å². The van der Waals surface area contributed by atoms with Gasteiger partial charge in [-0.3, -0.25) is 4.79 Å². The summed E-state index contributed by atoms with van der Waals surface area (Å²) < 4.78 is 19.8. The lowest BCUT2D eigenvalue weighted by atomic mass is 10.2. The van der Waals surface area contributed by atoms with Crippen LogP contribution in [0.2, 0.25) is 9.36 Å². The predicted molar refractivity (Wildman–Crippen MR) is 96.0 cm³/mol. The molecule has 26 heavy (non-hydrogen) atoms. The van der Waals surface area contributed by atoms with E-state index < -0.39 is 18.0 Å². The molecule has 0 bridgehead atoms. The molecule has 1 unspecified atom stereocenters. The first kappa shape index (κ1) is 18.8. The highest BCUT2D eigenvalue weighted by atomic mass is 35.5. The van der Waals surface area contributed by atoms with Crippen molar-refractivity contribution in [1.29, 1.82) is 0 Å². The van der Waals surface area contributed by atoms with E-state index in [4.69, 9.17) is 37.4 Å². The summed E-state index contributed by atoms with van der Waals surface area (Å²) >= 11 is 12.6. The predicted octanol–water partition coefficient (Wildman–Crippen LogP) is 3.43. The Hall–Kier alpha value is -2.03. The fourth-order valence-electron chi connectivity index (χ4n) is 2.25. The zero-order valence-corrected chi connectivity index (χ0v) is 15.9. The van der Waals surface area contributed by atoms with E-state index in [1.54, 1.807) is 19.1 Å². The van der Waals surface area contributed by atoms with Crippen LogP contribution in [0.15, 0.2) is 18.2 Å². The first-order chi connectivity index (χ1) is 12.5. The first-order valence-electron chi connectivity index (χ1n) is 7.67. The number of carbonyl (C=O) groups is 2. The van der Waals surface area contributed by atoms with Gasteiger partial charge in [0.2, 0.25) is 6.79 Å². The summed E-state index contributed by atoms with van der Waals surface area (Å²) in [5.74, 6) is 0.0868. The van der Waals surface area contributed by atoms with Crippen LogP contribution in [0.1, 0.15) is 29.4 Å². The monoisotopic (exact) mass is 416 g/mol. The van der Waals surface area contributed by atoms with Crippen molar-refractivity contribution in [3.63, 3.8) is 0 Å². The smallest absolute Gasteiger partial charge is 0.360 e. The van der Waals surface area contributed by atoms with Gasteiger partial charge in [-0.05, 0) is 35.6 Å². The number of rotatable bonds is 6. The number of hydrogen-bond acceptors (Lipinski definition) is 7. The molecule has 1 atom stereocenters. The largest absolute Gasteiger partial charge is 0.454 e. The average molecular weight is 417 g/mol. The van der Waals surface area contributed by atoms with E-state index in [1.807, 2.05) is 6.07 Å². The normalized spacial score (nSPS) is 13.3. The molecule has 0 spiro atoms. The zero-order valence-electron chi connectivity index (χ0n) is 13.6. The Morgan fingerprint density at radius 3 is 2.81 bits per heavy atom. The Labute approximate surface area is 163 Å². The lowest BCUT2D eigenvalue weighted by Crippen LogP contribution is -2.37. The third-order valence-corrected chi connectivity index (χ3v) is 5.22. The summed E-state index contributed by atoms with van der Waals surface area (Å²) in [6.45, 7) is 2.17. The minimum Gasteiger partial charge on any atom is -0.454 e. The van der Waals surface area contributed by atoms with E-state index in [2.05, 4.69) is 9.69 Å². The maximum atomic E-state index is 12.3. The summed E-state index contributed by atoms with van der Waals surface area (Å²) in [7, 11) is 0. The lowest BCUT2D eigenvalue weighted by Gasteiger charge is -2.15. The van der Waals surface area contributed by atoms with Gasteiger partial charge in [0.15, 0.2) is 23.3 Å². The lowest BCUT2D eigenvalue weighted by molar-refractivity contribution is -0.130. The Morgan fingerprint density at radius 1 is 1.35 bits per heavy atom. The van der Waals surface area contributed by atoms with Crippen molar-refractivity contribution in [2.45, 2.75) is 26.0 Å². The highest BCUT2D eigenvalue weighted by Crippen LogP contribution is 2.32. The second kappa shape index (κ2) is 8.11. The van der Waals surface area contributed by atoms with E-state index >= 15 is 0 Å². The van der Waals surface area contributed by atoms with Gasteiger partial charge < -0.3 is 19.5 Å². The molecule has 1 aliphatic heterocycles. The Bertz CT molecular complexity index is 842. The van der Waals surface area contributed by atoms with Crippen molar-refractivity contribution < 1.29 is 23.8 Å². The number of hydrogen-bond donors (Lipinski definition) is 1. The summed E-state index contributed by atoms with van der Waals surface area (Å²) in [6, 6.07) is 5.37. The zero-order chi connectivity index (χ0) is 18.7. The molecule has 1 amide bonds. The molecule has 2 heterocycles. The molecular formula is C16H14Cl2N2O5S. The standard InChI is InChI=1S/C16H14Cl2N2O5S/c1-2-9(25-16(22)13-12(17)14(18)26-20-13)15(21)19-6-8-3-4-10-11(5-8)24-7-23-10/h3-5,9H,2,6-7H2,1H3,(H,19,21). The van der Waals surface area contributed by atoms with Crippen LogP contribution >= 0.6 is 34.7 Å². The Balaban J connectivity index is 1.58. The van der Waals surface area contributed by atoms with Gasteiger partial charge >= 0.3 is 5.97 Å². The van der Waals surface area contributed by atoms with Gasteiger partial charge in [0.1, 0.15) is 9.36 Å². The molecule has 1 aliphatic rings. The van der Waals surface area contributed by atoms with Crippen molar-refractivity contribution in [2.24, 2.45) is 0 Å². The van der Waals surface area contributed by atoms with Gasteiger partial charge in [-0.2, -0.15) is 4.37 Å². The van der Waals surface area contributed by atoms with Gasteiger partial charge in [-0.15, -0.1) is 0 Å². The van der Waals surface area contributed by atoms with E-state index in [0.29, 0.717) is 17.9 Å². The Morgan fingerprint density at radius 2 is 2.12 bits per heavy atom. The molecule has 138 valence electrons. The molecule has 0 saturated heterocycles. The summed E-state index contributed by atoms with van der Waals surface area (Å²) in [4.78, 5) is 24.4. The van der Waals surface area contributed by atoms with Crippen molar-refractivity contribution >= 4 is 46.6 Å². The highest BCUT2D eigenvalue weighted by molar-refractivity contribution is 7.11. The molecular weight excluding hydrogens is 403 g/mol. The van der Waals surface area contributed by atoms with Crippen LogP contribution in [0, 0.1) is 0 Å². The number of nitrogens with zero attached hydrogens (tertiary/aromatic N) is 1. The van der Waals surface area contributed by atoms with E-state index in [0.717, 1.165) is 17.1 Å². The van der Waals surface area contributed by atoms with Crippen molar-refractivity contribution in [1.82, 2.24) is 9.69 Å². The van der Waals surface area contributed by atoms with Crippen LogP contribution in [-0.2, 0) is 16.1 Å². The van der Waals surface area contributed by atoms with Gasteiger partial charge in [-0.1, -0.05) is 36.2 Å². The number of esters is 1. The van der Waals surface area contributed by atoms with Crippen LogP contribution in [0.3, 0.4) is 0 Å². The number of nitrogens with one attached hydrogen (secondary N) is 1. The maximum Gasteiger partial charge on any atom is 0.360 e. The first-order valence-corrected chi connectivity index (χ1v) is 9.20. The number of benzene rings is 1. The fraction of sp³-hybridized carbons (Fsp3) is 0.312. The number of carbonyl (C=O) groups excluding carboxylic acids is 2. The molecule has 1 aromatic heterocycles. The van der Waals surface area contributed by atoms with Gasteiger partial charge in [0.25, 0.3) is 5.91 Å². The molecule has 10 heteroatoms. The average Bonchev–Trinajstić information content (AvgIpc) is 3.24. The number of ether oxygens (including phenoxy) is 3. The summed E-state index contributed by atoms with van der Waals surface area (Å²) in [5.41, 5.74) is 0.738. The maximum absolute atomic E-state index is 12.3. The van der Waals surface area contributed by atoms with Gasteiger partial charge in [0.05, 0.1) is 0 Å². The second-order valence-electron chi connectivity index (χ2n) is 5.33. The minimum absolute atomic E-state index is 0.0253. The van der Waals surface area contributed by atoms with Crippen LogP contribution < -0.4 is 14.8 Å². The molecule has 3 rings (SSSR count). The highest BCUT2D eigenvalue weighted by Gasteiger charge is 2.26. The molecule has 2 aromatic rings. The molecule has 1 aromatic carbocycles. The number of amides is 1. The van der Waals surface area contributed by atoms with E-state index in [-0.39, 0.29) is 28.4 Å². The number of fused-ring (bicyclic) bond motifs is 1. The molecule has 0 saturated carbocycles. The molecule has 0 fully saturated rings. The number of halogens is 2. The van der Waals surface area contributed by atoms with Crippen molar-refractivity contribution in [3.05, 3.63) is 38.8 Å². The van der Waals surface area contributed by atoms with Crippen LogP contribution in [0.5, 0.6) is 11.5 Å². The third kappa shape index (κ3) is 4.03. The Kier molecular flexibility index (Phi) is 5.85.